The standard InChI is InChI=1S/C46H58N2O7/c1-17-52-41(51)46(16)43(11,12)34-32-26(4)24(2)25(3)28(6)35(32)47-38(34)45(15,33-27(5)29(7)36-37(30(33)8)55-44(13,14)54-36)48(46)39(49)42(9,10)40(50)53-23-31-21-19-18-20-22-31/h18-22,47H,17,23H2,1-16H3/t45-,46+/m1/s1. The smallest absolute Gasteiger partial charge is 0.332 e. The van der Waals surface area contributed by atoms with Gasteiger partial charge in [-0.3, -0.25) is 9.59 Å². The molecule has 1 N–H and O–H groups in total. The van der Waals surface area contributed by atoms with Crippen LogP contribution in [0.2, 0.25) is 0 Å². The van der Waals surface area contributed by atoms with Crippen LogP contribution < -0.4 is 9.47 Å². The number of aromatic amines is 1. The van der Waals surface area contributed by atoms with Gasteiger partial charge in [-0.15, -0.1) is 0 Å². The molecule has 2 aliphatic rings. The van der Waals surface area contributed by atoms with E-state index in [1.54, 1.807) is 32.6 Å². The zero-order valence-corrected chi connectivity index (χ0v) is 35.6. The molecular weight excluding hydrogens is 693 g/mol. The third-order valence-electron chi connectivity index (χ3n) is 13.2. The molecule has 294 valence electrons. The van der Waals surface area contributed by atoms with Gasteiger partial charge < -0.3 is 28.8 Å². The molecule has 9 nitrogen and oxygen atoms in total. The van der Waals surface area contributed by atoms with E-state index in [-0.39, 0.29) is 13.2 Å². The van der Waals surface area contributed by atoms with Gasteiger partial charge >= 0.3 is 11.9 Å². The Kier molecular flexibility index (Phi) is 9.35. The Balaban J connectivity index is 1.77. The summed E-state index contributed by atoms with van der Waals surface area (Å²) in [5.41, 5.74) is 5.36. The molecule has 9 heteroatoms. The topological polar surface area (TPSA) is 107 Å². The minimum Gasteiger partial charge on any atom is -0.464 e. The van der Waals surface area contributed by atoms with Gasteiger partial charge in [-0.05, 0) is 133 Å². The van der Waals surface area contributed by atoms with E-state index in [0.29, 0.717) is 11.5 Å². The third kappa shape index (κ3) is 5.42. The molecule has 0 spiro atoms. The first-order valence-electron chi connectivity index (χ1n) is 19.3. The van der Waals surface area contributed by atoms with Crippen molar-refractivity contribution in [1.82, 2.24) is 9.88 Å². The van der Waals surface area contributed by atoms with Crippen LogP contribution in [0.4, 0.5) is 0 Å². The molecule has 0 bridgehead atoms. The van der Waals surface area contributed by atoms with Crippen LogP contribution in [0.3, 0.4) is 0 Å². The first-order valence-corrected chi connectivity index (χ1v) is 19.3. The van der Waals surface area contributed by atoms with Crippen molar-refractivity contribution in [2.45, 2.75) is 140 Å². The van der Waals surface area contributed by atoms with Gasteiger partial charge in [-0.2, -0.15) is 0 Å². The summed E-state index contributed by atoms with van der Waals surface area (Å²) < 4.78 is 24.7. The molecule has 3 aromatic carbocycles. The second-order valence-corrected chi connectivity index (χ2v) is 17.5. The highest BCUT2D eigenvalue weighted by Crippen LogP contribution is 2.61. The number of H-pyrrole nitrogens is 1. The maximum atomic E-state index is 15.9. The van der Waals surface area contributed by atoms with E-state index < -0.39 is 45.5 Å². The van der Waals surface area contributed by atoms with Gasteiger partial charge in [0.2, 0.25) is 11.7 Å². The first kappa shape index (κ1) is 39.9. The zero-order chi connectivity index (χ0) is 41.0. The molecule has 2 aliphatic heterocycles. The average Bonchev–Trinajstić information content (AvgIpc) is 3.70. The first-order chi connectivity index (χ1) is 25.4. The fraction of sp³-hybridized carbons (Fsp3) is 0.500. The molecule has 3 heterocycles. The van der Waals surface area contributed by atoms with Crippen LogP contribution in [0.25, 0.3) is 10.9 Å². The normalized spacial score (nSPS) is 21.1. The van der Waals surface area contributed by atoms with Crippen molar-refractivity contribution in [2.24, 2.45) is 5.41 Å². The summed E-state index contributed by atoms with van der Waals surface area (Å²) in [5, 5.41) is 1.02. The lowest BCUT2D eigenvalue weighted by Crippen LogP contribution is -2.75. The Hall–Kier alpha value is -4.79. The lowest BCUT2D eigenvalue weighted by molar-refractivity contribution is -0.186. The number of carbonyl (C=O) groups excluding carboxylic acids is 3. The summed E-state index contributed by atoms with van der Waals surface area (Å²) in [4.78, 5) is 50.8. The molecule has 0 saturated carbocycles. The van der Waals surface area contributed by atoms with Crippen LogP contribution in [-0.2, 0) is 41.4 Å². The van der Waals surface area contributed by atoms with Gasteiger partial charge in [-0.1, -0.05) is 44.2 Å². The highest BCUT2D eigenvalue weighted by atomic mass is 16.7. The Morgan fingerprint density at radius 1 is 0.727 bits per heavy atom. The quantitative estimate of drug-likeness (QED) is 0.148. The highest BCUT2D eigenvalue weighted by Gasteiger charge is 2.69. The number of benzene rings is 3. The van der Waals surface area contributed by atoms with Crippen molar-refractivity contribution in [3.8, 4) is 11.5 Å². The minimum absolute atomic E-state index is 0.00688. The van der Waals surface area contributed by atoms with E-state index in [2.05, 4.69) is 32.7 Å². The van der Waals surface area contributed by atoms with Crippen molar-refractivity contribution in [3.63, 3.8) is 0 Å². The number of nitrogens with one attached hydrogen (secondary N) is 1. The fourth-order valence-electron chi connectivity index (χ4n) is 9.28. The number of esters is 2. The second kappa shape index (κ2) is 12.9. The lowest BCUT2D eigenvalue weighted by Gasteiger charge is -2.61. The summed E-state index contributed by atoms with van der Waals surface area (Å²) in [6.07, 6.45) is 0. The van der Waals surface area contributed by atoms with Crippen LogP contribution in [0.15, 0.2) is 30.3 Å². The van der Waals surface area contributed by atoms with E-state index in [4.69, 9.17) is 18.9 Å². The monoisotopic (exact) mass is 750 g/mol. The Labute approximate surface area is 326 Å². The number of nitrogens with zero attached hydrogens (tertiary/aromatic N) is 1. The Morgan fingerprint density at radius 3 is 1.87 bits per heavy atom. The minimum atomic E-state index is -1.74. The molecule has 4 aromatic rings. The maximum absolute atomic E-state index is 15.9. The average molecular weight is 751 g/mol. The molecule has 0 radical (unpaired) electrons. The van der Waals surface area contributed by atoms with Crippen LogP contribution >= 0.6 is 0 Å². The summed E-state index contributed by atoms with van der Waals surface area (Å²) in [5.74, 6) is -1.54. The van der Waals surface area contributed by atoms with Crippen molar-refractivity contribution in [3.05, 3.63) is 91.7 Å². The van der Waals surface area contributed by atoms with Crippen LogP contribution in [0, 0.1) is 53.9 Å². The largest absolute Gasteiger partial charge is 0.464 e. The molecule has 6 rings (SSSR count). The molecule has 2 atom stereocenters. The van der Waals surface area contributed by atoms with Crippen LogP contribution in [0.5, 0.6) is 11.5 Å². The number of rotatable bonds is 7. The van der Waals surface area contributed by atoms with Crippen LogP contribution in [0.1, 0.15) is 124 Å². The number of aromatic nitrogens is 1. The molecule has 1 amide bonds. The Morgan fingerprint density at radius 2 is 1.29 bits per heavy atom. The SMILES string of the molecule is CCOC(=O)[C@]1(C)N(C(=O)C(C)(C)C(=O)OCc2ccccc2)[C@](C)(c2c(C)c(C)c3c(c2C)OC(C)(C)O3)c2[nH]c3c(C)c(C)c(C)c(C)c3c2C1(C)C. The van der Waals surface area contributed by atoms with Gasteiger partial charge in [0.25, 0.3) is 0 Å². The number of ether oxygens (including phenoxy) is 4. The number of carbonyl (C=O) groups is 3. The molecule has 0 aliphatic carbocycles. The predicted octanol–water partition coefficient (Wildman–Crippen LogP) is 9.31. The summed E-state index contributed by atoms with van der Waals surface area (Å²) in [6, 6.07) is 9.36. The molecular formula is C46H58N2O7. The summed E-state index contributed by atoms with van der Waals surface area (Å²) >= 11 is 0. The summed E-state index contributed by atoms with van der Waals surface area (Å²) in [6.45, 7) is 31.0. The number of aryl methyl sites for hydroxylation is 2. The van der Waals surface area contributed by atoms with Crippen molar-refractivity contribution in [2.75, 3.05) is 6.61 Å². The van der Waals surface area contributed by atoms with Gasteiger partial charge in [0.1, 0.15) is 23.1 Å². The highest BCUT2D eigenvalue weighted by molar-refractivity contribution is 6.06. The van der Waals surface area contributed by atoms with E-state index in [1.165, 1.54) is 5.56 Å². The van der Waals surface area contributed by atoms with Crippen molar-refractivity contribution < 1.29 is 33.3 Å². The number of fused-ring (bicyclic) bond motifs is 4. The fourth-order valence-corrected chi connectivity index (χ4v) is 9.28. The molecule has 0 fully saturated rings. The predicted molar refractivity (Wildman–Crippen MR) is 215 cm³/mol. The molecule has 0 saturated heterocycles. The van der Waals surface area contributed by atoms with E-state index >= 15 is 9.59 Å². The van der Waals surface area contributed by atoms with Crippen molar-refractivity contribution >= 4 is 28.7 Å². The zero-order valence-electron chi connectivity index (χ0n) is 35.6. The number of amides is 1. The van der Waals surface area contributed by atoms with E-state index in [9.17, 15) is 4.79 Å². The van der Waals surface area contributed by atoms with Gasteiger partial charge in [0.15, 0.2) is 11.5 Å². The third-order valence-corrected chi connectivity index (χ3v) is 13.2. The lowest BCUT2D eigenvalue weighted by atomic mass is 9.58. The second-order valence-electron chi connectivity index (χ2n) is 17.5. The number of hydrogen-bond acceptors (Lipinski definition) is 7. The van der Waals surface area contributed by atoms with Gasteiger partial charge in [-0.25, -0.2) is 4.79 Å². The van der Waals surface area contributed by atoms with E-state index in [0.717, 1.165) is 66.7 Å². The van der Waals surface area contributed by atoms with Gasteiger partial charge in [0, 0.05) is 35.7 Å². The van der Waals surface area contributed by atoms with Crippen LogP contribution in [-0.4, -0.2) is 45.7 Å². The summed E-state index contributed by atoms with van der Waals surface area (Å²) in [7, 11) is 0. The van der Waals surface area contributed by atoms with E-state index in [1.807, 2.05) is 85.7 Å². The molecule has 0 unspecified atom stereocenters. The maximum Gasteiger partial charge on any atom is 0.332 e. The molecule has 55 heavy (non-hydrogen) atoms. The van der Waals surface area contributed by atoms with Gasteiger partial charge in [0.05, 0.1) is 12.3 Å². The Bertz CT molecular complexity index is 2280. The number of hydrogen-bond donors (Lipinski definition) is 1. The molecule has 1 aromatic heterocycles. The van der Waals surface area contributed by atoms with Crippen molar-refractivity contribution in [1.29, 1.82) is 0 Å².